The van der Waals surface area contributed by atoms with Gasteiger partial charge in [-0.25, -0.2) is 4.79 Å². The average molecular weight is 192 g/mol. The normalized spacial score (nSPS) is 31.1. The van der Waals surface area contributed by atoms with Crippen molar-refractivity contribution in [2.75, 3.05) is 0 Å². The number of fused-ring (bicyclic) bond motifs is 1. The maximum atomic E-state index is 11.5. The van der Waals surface area contributed by atoms with Gasteiger partial charge in [-0.1, -0.05) is 18.2 Å². The van der Waals surface area contributed by atoms with Gasteiger partial charge in [0, 0.05) is 5.92 Å². The summed E-state index contributed by atoms with van der Waals surface area (Å²) in [7, 11) is 0. The Morgan fingerprint density at radius 1 is 1.50 bits per heavy atom. The highest BCUT2D eigenvalue weighted by Crippen LogP contribution is 2.30. The molecule has 1 heterocycles. The van der Waals surface area contributed by atoms with Gasteiger partial charge in [-0.05, 0) is 19.4 Å². The molecule has 3 nitrogen and oxygen atoms in total. The number of cyclic esters (lactones) is 1. The van der Waals surface area contributed by atoms with Crippen molar-refractivity contribution in [1.29, 1.82) is 0 Å². The minimum Gasteiger partial charge on any atom is -0.507 e. The Morgan fingerprint density at radius 2 is 2.29 bits per heavy atom. The first kappa shape index (κ1) is 9.06. The van der Waals surface area contributed by atoms with E-state index in [9.17, 15) is 9.90 Å². The molecule has 3 heteroatoms. The summed E-state index contributed by atoms with van der Waals surface area (Å²) in [6.45, 7) is 1.86. The summed E-state index contributed by atoms with van der Waals surface area (Å²) < 4.78 is 5.06. The molecule has 0 aromatic carbocycles. The number of carbonyl (C=O) groups excluding carboxylic acids is 1. The molecule has 2 aliphatic rings. The van der Waals surface area contributed by atoms with Crippen molar-refractivity contribution in [3.63, 3.8) is 0 Å². The van der Waals surface area contributed by atoms with E-state index in [2.05, 4.69) is 0 Å². The van der Waals surface area contributed by atoms with E-state index in [1.54, 1.807) is 6.08 Å². The van der Waals surface area contributed by atoms with E-state index in [-0.39, 0.29) is 17.8 Å². The zero-order valence-corrected chi connectivity index (χ0v) is 7.93. The quantitative estimate of drug-likeness (QED) is 0.596. The lowest BCUT2D eigenvalue weighted by molar-refractivity contribution is -0.148. The van der Waals surface area contributed by atoms with E-state index in [0.29, 0.717) is 5.57 Å². The van der Waals surface area contributed by atoms with Crippen molar-refractivity contribution in [1.82, 2.24) is 0 Å². The Morgan fingerprint density at radius 3 is 3.07 bits per heavy atom. The molecule has 1 aliphatic heterocycles. The van der Waals surface area contributed by atoms with Crippen molar-refractivity contribution in [3.05, 3.63) is 35.6 Å². The van der Waals surface area contributed by atoms with Crippen LogP contribution in [0.5, 0.6) is 0 Å². The molecule has 1 N–H and O–H groups in total. The van der Waals surface area contributed by atoms with Crippen LogP contribution >= 0.6 is 0 Å². The summed E-state index contributed by atoms with van der Waals surface area (Å²) >= 11 is 0. The van der Waals surface area contributed by atoms with Gasteiger partial charge in [0.2, 0.25) is 0 Å². The second kappa shape index (κ2) is 3.33. The van der Waals surface area contributed by atoms with Crippen LogP contribution in [0.25, 0.3) is 0 Å². The Labute approximate surface area is 82.4 Å². The molecule has 0 spiro atoms. The monoisotopic (exact) mass is 192 g/mol. The van der Waals surface area contributed by atoms with Gasteiger partial charge in [-0.3, -0.25) is 0 Å². The fourth-order valence-corrected chi connectivity index (χ4v) is 1.83. The summed E-state index contributed by atoms with van der Waals surface area (Å²) in [6, 6.07) is 0. The molecule has 2 rings (SSSR count). The molecule has 2 atom stereocenters. The standard InChI is InChI=1S/C11H12O3/c1-7-6-8-4-2-3-5-9(12)10(8)11(13)14-7/h2-5,7-8,12H,6H2,1H3. The minimum absolute atomic E-state index is 0.0127. The van der Waals surface area contributed by atoms with Gasteiger partial charge in [-0.2, -0.15) is 0 Å². The molecule has 0 aromatic heterocycles. The third-order valence-electron chi connectivity index (χ3n) is 2.47. The van der Waals surface area contributed by atoms with Crippen LogP contribution in [0.3, 0.4) is 0 Å². The van der Waals surface area contributed by atoms with Crippen LogP contribution in [0.15, 0.2) is 35.6 Å². The van der Waals surface area contributed by atoms with Crippen molar-refractivity contribution < 1.29 is 14.6 Å². The van der Waals surface area contributed by atoms with Crippen molar-refractivity contribution >= 4 is 5.97 Å². The van der Waals surface area contributed by atoms with E-state index in [1.165, 1.54) is 6.08 Å². The summed E-state index contributed by atoms with van der Waals surface area (Å²) in [5, 5.41) is 9.59. The van der Waals surface area contributed by atoms with Gasteiger partial charge >= 0.3 is 5.97 Å². The van der Waals surface area contributed by atoms with Crippen LogP contribution < -0.4 is 0 Å². The van der Waals surface area contributed by atoms with Crippen molar-refractivity contribution in [2.24, 2.45) is 5.92 Å². The highest BCUT2D eigenvalue weighted by atomic mass is 16.5. The zero-order valence-electron chi connectivity index (χ0n) is 7.93. The lowest BCUT2D eigenvalue weighted by Gasteiger charge is -2.26. The third kappa shape index (κ3) is 1.45. The summed E-state index contributed by atoms with van der Waals surface area (Å²) in [5.74, 6) is -0.388. The lowest BCUT2D eigenvalue weighted by atomic mass is 9.90. The Bertz CT molecular complexity index is 350. The number of rotatable bonds is 0. The second-order valence-corrected chi connectivity index (χ2v) is 3.60. The van der Waals surface area contributed by atoms with Crippen molar-refractivity contribution in [2.45, 2.75) is 19.4 Å². The number of hydrogen-bond donors (Lipinski definition) is 1. The largest absolute Gasteiger partial charge is 0.507 e. The molecule has 1 aliphatic carbocycles. The number of esters is 1. The molecule has 1 fully saturated rings. The van der Waals surface area contributed by atoms with Gasteiger partial charge in [0.25, 0.3) is 0 Å². The molecular weight excluding hydrogens is 180 g/mol. The van der Waals surface area contributed by atoms with Gasteiger partial charge < -0.3 is 9.84 Å². The topological polar surface area (TPSA) is 46.5 Å². The first-order valence-electron chi connectivity index (χ1n) is 4.67. The van der Waals surface area contributed by atoms with E-state index in [0.717, 1.165) is 6.42 Å². The van der Waals surface area contributed by atoms with Crippen LogP contribution in [0.4, 0.5) is 0 Å². The maximum absolute atomic E-state index is 11.5. The molecule has 1 saturated heterocycles. The van der Waals surface area contributed by atoms with Crippen molar-refractivity contribution in [3.8, 4) is 0 Å². The number of ether oxygens (including phenoxy) is 1. The second-order valence-electron chi connectivity index (χ2n) is 3.60. The van der Waals surface area contributed by atoms with E-state index < -0.39 is 5.97 Å². The molecule has 0 amide bonds. The summed E-state index contributed by atoms with van der Waals surface area (Å²) in [6.07, 6.45) is 7.67. The smallest absolute Gasteiger partial charge is 0.338 e. The molecule has 2 unspecified atom stereocenters. The van der Waals surface area contributed by atoms with E-state index in [4.69, 9.17) is 4.74 Å². The molecule has 0 saturated carbocycles. The number of aliphatic hydroxyl groups excluding tert-OH is 1. The minimum atomic E-state index is -0.401. The number of hydrogen-bond acceptors (Lipinski definition) is 3. The van der Waals surface area contributed by atoms with Gasteiger partial charge in [0.05, 0.1) is 5.57 Å². The molecule has 14 heavy (non-hydrogen) atoms. The Kier molecular flexibility index (Phi) is 2.15. The number of carbonyl (C=O) groups is 1. The highest BCUT2D eigenvalue weighted by molar-refractivity contribution is 5.91. The van der Waals surface area contributed by atoms with Crippen LogP contribution in [0, 0.1) is 5.92 Å². The third-order valence-corrected chi connectivity index (χ3v) is 2.47. The fourth-order valence-electron chi connectivity index (χ4n) is 1.83. The first-order valence-corrected chi connectivity index (χ1v) is 4.67. The van der Waals surface area contributed by atoms with E-state index >= 15 is 0 Å². The molecule has 74 valence electrons. The molecule has 0 radical (unpaired) electrons. The molecule has 0 bridgehead atoms. The highest BCUT2D eigenvalue weighted by Gasteiger charge is 2.32. The predicted octanol–water partition coefficient (Wildman–Crippen LogP) is 1.88. The SMILES string of the molecule is CC1CC2C=CC=CC(O)=C2C(=O)O1. The average Bonchev–Trinajstić information content (AvgIpc) is 2.27. The van der Waals surface area contributed by atoms with Crippen LogP contribution in [0.1, 0.15) is 13.3 Å². The summed E-state index contributed by atoms with van der Waals surface area (Å²) in [5.41, 5.74) is 0.383. The summed E-state index contributed by atoms with van der Waals surface area (Å²) in [4.78, 5) is 11.5. The van der Waals surface area contributed by atoms with Gasteiger partial charge in [0.15, 0.2) is 0 Å². The zero-order chi connectivity index (χ0) is 10.1. The Hall–Kier alpha value is -1.51. The van der Waals surface area contributed by atoms with Crippen LogP contribution in [0.2, 0.25) is 0 Å². The van der Waals surface area contributed by atoms with Crippen LogP contribution in [-0.4, -0.2) is 17.2 Å². The lowest BCUT2D eigenvalue weighted by Crippen LogP contribution is -2.30. The number of allylic oxidation sites excluding steroid dienone is 4. The maximum Gasteiger partial charge on any atom is 0.338 e. The van der Waals surface area contributed by atoms with Crippen LogP contribution in [-0.2, 0) is 9.53 Å². The fraction of sp³-hybridized carbons (Fsp3) is 0.364. The molecule has 0 aromatic rings. The van der Waals surface area contributed by atoms with E-state index in [1.807, 2.05) is 19.1 Å². The van der Waals surface area contributed by atoms with Gasteiger partial charge in [0.1, 0.15) is 11.9 Å². The van der Waals surface area contributed by atoms with Gasteiger partial charge in [-0.15, -0.1) is 0 Å². The first-order chi connectivity index (χ1) is 6.68. The Balaban J connectivity index is 2.41. The predicted molar refractivity (Wildman–Crippen MR) is 51.6 cm³/mol. The number of aliphatic hydroxyl groups is 1. The molecular formula is C11H12O3.